The summed E-state index contributed by atoms with van der Waals surface area (Å²) in [5, 5.41) is 16.3. The topological polar surface area (TPSA) is 94.8 Å². The normalized spacial score (nSPS) is 15.3. The maximum absolute atomic E-state index is 14.1. The van der Waals surface area contributed by atoms with Gasteiger partial charge in [0.25, 0.3) is 5.91 Å². The van der Waals surface area contributed by atoms with E-state index >= 15 is 0 Å². The summed E-state index contributed by atoms with van der Waals surface area (Å²) >= 11 is 0. The highest BCUT2D eigenvalue weighted by Crippen LogP contribution is 2.40. The lowest BCUT2D eigenvalue weighted by molar-refractivity contribution is 0.0958. The van der Waals surface area contributed by atoms with Crippen molar-refractivity contribution >= 4 is 23.0 Å². The van der Waals surface area contributed by atoms with Crippen molar-refractivity contribution in [3.8, 4) is 17.0 Å². The predicted molar refractivity (Wildman–Crippen MR) is 142 cm³/mol. The maximum atomic E-state index is 14.1. The molecule has 0 atom stereocenters. The highest BCUT2D eigenvalue weighted by molar-refractivity contribution is 6.23. The molecule has 2 aliphatic rings. The van der Waals surface area contributed by atoms with Gasteiger partial charge in [0.15, 0.2) is 0 Å². The van der Waals surface area contributed by atoms with Gasteiger partial charge in [-0.25, -0.2) is 4.98 Å². The van der Waals surface area contributed by atoms with Crippen LogP contribution in [-0.4, -0.2) is 38.0 Å². The largest absolute Gasteiger partial charge is 0.497 e. The second-order valence-corrected chi connectivity index (χ2v) is 9.08. The lowest BCUT2D eigenvalue weighted by Crippen LogP contribution is -2.27. The first-order valence-electron chi connectivity index (χ1n) is 12.4. The minimum atomic E-state index is -0.197. The monoisotopic (exact) mass is 490 g/mol. The number of nitrogens with zero attached hydrogens (tertiary/aromatic N) is 5. The van der Waals surface area contributed by atoms with Crippen molar-refractivity contribution in [2.45, 2.75) is 32.1 Å². The minimum Gasteiger partial charge on any atom is -0.497 e. The molecule has 1 N–H and O–H groups in total. The van der Waals surface area contributed by atoms with Crippen LogP contribution in [0.15, 0.2) is 78.8 Å². The number of ether oxygens (including phenoxy) is 1. The van der Waals surface area contributed by atoms with Crippen LogP contribution in [0.4, 0.5) is 5.95 Å². The molecule has 2 aromatic carbocycles. The van der Waals surface area contributed by atoms with Crippen molar-refractivity contribution in [3.63, 3.8) is 0 Å². The number of fused-ring (bicyclic) bond motifs is 1. The smallest absolute Gasteiger partial charge is 0.280 e. The molecule has 6 rings (SSSR count). The zero-order valence-electron chi connectivity index (χ0n) is 20.5. The van der Waals surface area contributed by atoms with Crippen molar-refractivity contribution in [1.82, 2.24) is 25.0 Å². The molecule has 1 aliphatic carbocycles. The Morgan fingerprint density at radius 3 is 2.51 bits per heavy atom. The van der Waals surface area contributed by atoms with E-state index in [0.29, 0.717) is 23.6 Å². The number of carbonyl (C=O) groups excluding carboxylic acids is 1. The van der Waals surface area contributed by atoms with E-state index in [1.54, 1.807) is 18.0 Å². The number of nitrogens with one attached hydrogen (secondary N) is 1. The zero-order valence-corrected chi connectivity index (χ0v) is 20.5. The summed E-state index contributed by atoms with van der Waals surface area (Å²) in [5.41, 5.74) is 7.02. The molecule has 0 saturated carbocycles. The first-order valence-corrected chi connectivity index (χ1v) is 12.4. The van der Waals surface area contributed by atoms with E-state index in [0.717, 1.165) is 53.1 Å². The van der Waals surface area contributed by atoms with E-state index < -0.39 is 0 Å². The first kappa shape index (κ1) is 22.8. The Labute approximate surface area is 214 Å². The van der Waals surface area contributed by atoms with Gasteiger partial charge >= 0.3 is 0 Å². The van der Waals surface area contributed by atoms with Gasteiger partial charge in [-0.15, -0.1) is 5.10 Å². The van der Waals surface area contributed by atoms with Gasteiger partial charge in [-0.2, -0.15) is 14.9 Å². The number of aromatic nitrogens is 5. The molecule has 184 valence electrons. The van der Waals surface area contributed by atoms with E-state index in [1.165, 1.54) is 18.2 Å². The third-order valence-electron chi connectivity index (χ3n) is 6.82. The van der Waals surface area contributed by atoms with Crippen LogP contribution in [0.25, 0.3) is 22.4 Å². The van der Waals surface area contributed by atoms with E-state index in [2.05, 4.69) is 26.6 Å². The number of hydrogen-bond acceptors (Lipinski definition) is 7. The average Bonchev–Trinajstić information content (AvgIpc) is 3.35. The summed E-state index contributed by atoms with van der Waals surface area (Å²) in [6.07, 6.45) is 10.2. The fourth-order valence-electron chi connectivity index (χ4n) is 5.08. The standard InChI is InChI=1S/C29H26N6O2/c1-37-22-14-12-20(13-15-22)25-23(32-29-30-16-17-31-33-29)18-24-26(19-8-4-2-5-9-19)27(34-35(24)28(25)36)21-10-6-3-7-11-21/h3,6-8,10-17H,2,4-5,9,18H2,1H3,(H,30,32,33). The van der Waals surface area contributed by atoms with Crippen molar-refractivity contribution in [2.75, 3.05) is 12.4 Å². The Kier molecular flexibility index (Phi) is 6.06. The maximum Gasteiger partial charge on any atom is 0.280 e. The molecule has 8 heteroatoms. The summed E-state index contributed by atoms with van der Waals surface area (Å²) in [5.74, 6) is 0.860. The number of hydrogen-bond donors (Lipinski definition) is 1. The van der Waals surface area contributed by atoms with Crippen LogP contribution in [0.2, 0.25) is 0 Å². The van der Waals surface area contributed by atoms with Crippen LogP contribution in [0.3, 0.4) is 0 Å². The van der Waals surface area contributed by atoms with Gasteiger partial charge in [0.2, 0.25) is 5.95 Å². The molecule has 0 unspecified atom stereocenters. The molecule has 37 heavy (non-hydrogen) atoms. The van der Waals surface area contributed by atoms with Crippen LogP contribution in [-0.2, 0) is 6.42 Å². The summed E-state index contributed by atoms with van der Waals surface area (Å²) < 4.78 is 6.91. The van der Waals surface area contributed by atoms with Gasteiger partial charge in [-0.3, -0.25) is 4.79 Å². The molecule has 2 aromatic heterocycles. The Morgan fingerprint density at radius 2 is 1.81 bits per heavy atom. The number of benzene rings is 2. The van der Waals surface area contributed by atoms with E-state index in [4.69, 9.17) is 9.84 Å². The van der Waals surface area contributed by atoms with Crippen LogP contribution < -0.4 is 10.1 Å². The molecule has 0 fully saturated rings. The van der Waals surface area contributed by atoms with Gasteiger partial charge in [0.1, 0.15) is 11.4 Å². The quantitative estimate of drug-likeness (QED) is 0.386. The molecule has 0 spiro atoms. The number of methoxy groups -OCH3 is 1. The van der Waals surface area contributed by atoms with Crippen molar-refractivity contribution < 1.29 is 9.53 Å². The van der Waals surface area contributed by atoms with Gasteiger partial charge in [-0.05, 0) is 49.0 Å². The SMILES string of the molecule is COc1ccc(C2=C(Nc3nccnn3)Cc3c(C4=CCCCC4)c(-c4ccccc4)nn3C2=O)cc1. The Bertz CT molecular complexity index is 1510. The molecule has 0 bridgehead atoms. The lowest BCUT2D eigenvalue weighted by atomic mass is 9.88. The van der Waals surface area contributed by atoms with Crippen molar-refractivity contribution in [1.29, 1.82) is 0 Å². The Hall–Kier alpha value is -4.59. The molecule has 8 nitrogen and oxygen atoms in total. The Balaban J connectivity index is 1.53. The molecular weight excluding hydrogens is 464 g/mol. The number of carbonyl (C=O) groups is 1. The molecule has 4 aromatic rings. The minimum absolute atomic E-state index is 0.197. The molecule has 0 amide bonds. The molecule has 0 saturated heterocycles. The number of rotatable bonds is 6. The fourth-order valence-corrected chi connectivity index (χ4v) is 5.08. The summed E-state index contributed by atoms with van der Waals surface area (Å²) in [6, 6.07) is 17.6. The van der Waals surface area contributed by atoms with E-state index in [9.17, 15) is 4.79 Å². The highest BCUT2D eigenvalue weighted by Gasteiger charge is 2.34. The molecule has 1 aliphatic heterocycles. The van der Waals surface area contributed by atoms with Crippen molar-refractivity contribution in [3.05, 3.63) is 95.6 Å². The second-order valence-electron chi connectivity index (χ2n) is 9.08. The summed E-state index contributed by atoms with van der Waals surface area (Å²) in [6.45, 7) is 0. The fraction of sp³-hybridized carbons (Fsp3) is 0.207. The van der Waals surface area contributed by atoms with Crippen LogP contribution in [0.5, 0.6) is 5.75 Å². The Morgan fingerprint density at radius 1 is 0.973 bits per heavy atom. The molecular formula is C29H26N6O2. The molecule has 0 radical (unpaired) electrons. The lowest BCUT2D eigenvalue weighted by Gasteiger charge is -2.23. The molecule has 3 heterocycles. The van der Waals surface area contributed by atoms with Gasteiger partial charge in [0, 0.05) is 23.2 Å². The van der Waals surface area contributed by atoms with E-state index in [1.807, 2.05) is 54.6 Å². The third kappa shape index (κ3) is 4.31. The van der Waals surface area contributed by atoms with E-state index in [-0.39, 0.29) is 5.91 Å². The van der Waals surface area contributed by atoms with Crippen LogP contribution in [0, 0.1) is 0 Å². The predicted octanol–water partition coefficient (Wildman–Crippen LogP) is 5.42. The van der Waals surface area contributed by atoms with Gasteiger partial charge < -0.3 is 10.1 Å². The summed E-state index contributed by atoms with van der Waals surface area (Å²) in [7, 11) is 1.62. The number of anilines is 1. The van der Waals surface area contributed by atoms with Gasteiger partial charge in [0.05, 0.1) is 30.8 Å². The summed E-state index contributed by atoms with van der Waals surface area (Å²) in [4.78, 5) is 18.4. The second kappa shape index (κ2) is 9.81. The van der Waals surface area contributed by atoms with Gasteiger partial charge in [-0.1, -0.05) is 48.5 Å². The van der Waals surface area contributed by atoms with Crippen LogP contribution in [0.1, 0.15) is 47.3 Å². The third-order valence-corrected chi connectivity index (χ3v) is 6.82. The van der Waals surface area contributed by atoms with Crippen LogP contribution >= 0.6 is 0 Å². The highest BCUT2D eigenvalue weighted by atomic mass is 16.5. The number of allylic oxidation sites excluding steroid dienone is 4. The van der Waals surface area contributed by atoms with Crippen molar-refractivity contribution in [2.24, 2.45) is 0 Å². The first-order chi connectivity index (χ1) is 18.2. The zero-order chi connectivity index (χ0) is 25.2. The average molecular weight is 491 g/mol.